The molecule has 4 rings (SSSR count). The first-order valence-corrected chi connectivity index (χ1v) is 16.9. The van der Waals surface area contributed by atoms with E-state index < -0.39 is 28.5 Å². The molecule has 0 radical (unpaired) electrons. The second-order valence-electron chi connectivity index (χ2n) is 11.1. The zero-order valence-corrected chi connectivity index (χ0v) is 27.2. The second-order valence-corrected chi connectivity index (χ2v) is 13.8. The number of sulfonamides is 1. The molecule has 3 aromatic carbocycles. The summed E-state index contributed by atoms with van der Waals surface area (Å²) in [4.78, 5) is 29.5. The van der Waals surface area contributed by atoms with Gasteiger partial charge < -0.3 is 10.2 Å². The van der Waals surface area contributed by atoms with E-state index in [-0.39, 0.29) is 23.4 Å². The van der Waals surface area contributed by atoms with Gasteiger partial charge in [0.2, 0.25) is 11.8 Å². The van der Waals surface area contributed by atoms with Gasteiger partial charge in [0, 0.05) is 22.6 Å². The lowest BCUT2D eigenvalue weighted by atomic mass is 9.95. The van der Waals surface area contributed by atoms with Crippen molar-refractivity contribution < 1.29 is 18.0 Å². The summed E-state index contributed by atoms with van der Waals surface area (Å²) in [6.07, 6.45) is 5.39. The Bertz CT molecular complexity index is 1540. The van der Waals surface area contributed by atoms with Crippen molar-refractivity contribution in [2.24, 2.45) is 0 Å². The molecule has 0 saturated heterocycles. The third-order valence-corrected chi connectivity index (χ3v) is 10.3. The summed E-state index contributed by atoms with van der Waals surface area (Å²) in [5.41, 5.74) is 2.49. The van der Waals surface area contributed by atoms with Crippen LogP contribution in [0.4, 0.5) is 5.69 Å². The van der Waals surface area contributed by atoms with E-state index in [9.17, 15) is 18.0 Å². The van der Waals surface area contributed by atoms with Gasteiger partial charge in [-0.05, 0) is 74.6 Å². The molecule has 0 heterocycles. The summed E-state index contributed by atoms with van der Waals surface area (Å²) in [5.74, 6) is -0.776. The average molecular weight is 645 g/mol. The van der Waals surface area contributed by atoms with Gasteiger partial charge in [0.1, 0.15) is 12.6 Å². The normalized spacial score (nSPS) is 14.6. The Hall–Kier alpha value is -3.07. The smallest absolute Gasteiger partial charge is 0.264 e. The van der Waals surface area contributed by atoms with Gasteiger partial charge in [0.05, 0.1) is 10.6 Å². The monoisotopic (exact) mass is 643 g/mol. The molecule has 3 aromatic rings. The molecule has 1 aliphatic rings. The number of nitrogens with zero attached hydrogens (tertiary/aromatic N) is 2. The second kappa shape index (κ2) is 14.6. The molecule has 0 bridgehead atoms. The molecule has 0 aromatic heterocycles. The maximum absolute atomic E-state index is 14.3. The lowest BCUT2D eigenvalue weighted by Gasteiger charge is -2.35. The highest BCUT2D eigenvalue weighted by Gasteiger charge is 2.35. The van der Waals surface area contributed by atoms with Crippen LogP contribution in [0.2, 0.25) is 10.0 Å². The van der Waals surface area contributed by atoms with Gasteiger partial charge >= 0.3 is 0 Å². The van der Waals surface area contributed by atoms with Crippen molar-refractivity contribution in [3.63, 3.8) is 0 Å². The van der Waals surface area contributed by atoms with E-state index >= 15 is 0 Å². The SMILES string of the molecule is CC[C@H](C(=O)NC1CCCCC1)N(Cc1ccccc1Cl)C(=O)CN(c1cc(Cl)ccc1C)S(=O)(=O)c1ccc(C)cc1. The molecule has 7 nitrogen and oxygen atoms in total. The molecule has 1 N–H and O–H groups in total. The summed E-state index contributed by atoms with van der Waals surface area (Å²) in [6.45, 7) is 4.99. The zero-order chi connectivity index (χ0) is 31.1. The molecule has 0 spiro atoms. The number of anilines is 1. The van der Waals surface area contributed by atoms with Crippen LogP contribution < -0.4 is 9.62 Å². The van der Waals surface area contributed by atoms with E-state index in [2.05, 4.69) is 5.32 Å². The molecule has 1 saturated carbocycles. The van der Waals surface area contributed by atoms with Gasteiger partial charge in [-0.1, -0.05) is 91.3 Å². The minimum atomic E-state index is -4.19. The van der Waals surface area contributed by atoms with Crippen LogP contribution >= 0.6 is 23.2 Å². The van der Waals surface area contributed by atoms with E-state index in [0.29, 0.717) is 33.3 Å². The first kappa shape index (κ1) is 32.8. The number of carbonyl (C=O) groups is 2. The van der Waals surface area contributed by atoms with Crippen molar-refractivity contribution in [2.75, 3.05) is 10.8 Å². The van der Waals surface area contributed by atoms with E-state index in [1.165, 1.54) is 17.0 Å². The molecule has 1 fully saturated rings. The third-order valence-electron chi connectivity index (χ3n) is 7.96. The molecule has 43 heavy (non-hydrogen) atoms. The van der Waals surface area contributed by atoms with Crippen molar-refractivity contribution in [3.8, 4) is 0 Å². The lowest BCUT2D eigenvalue weighted by Crippen LogP contribution is -2.54. The topological polar surface area (TPSA) is 86.8 Å². The van der Waals surface area contributed by atoms with Crippen molar-refractivity contribution in [2.45, 2.75) is 82.8 Å². The van der Waals surface area contributed by atoms with Crippen LogP contribution in [0.25, 0.3) is 0 Å². The van der Waals surface area contributed by atoms with Gasteiger partial charge in [-0.3, -0.25) is 13.9 Å². The van der Waals surface area contributed by atoms with E-state index in [0.717, 1.165) is 42.0 Å². The highest BCUT2D eigenvalue weighted by Crippen LogP contribution is 2.31. The zero-order valence-electron chi connectivity index (χ0n) is 24.9. The molecule has 1 atom stereocenters. The molecule has 1 aliphatic carbocycles. The quantitative estimate of drug-likeness (QED) is 0.242. The van der Waals surface area contributed by atoms with Crippen LogP contribution in [-0.4, -0.2) is 43.8 Å². The number of rotatable bonds is 11. The van der Waals surface area contributed by atoms with Crippen molar-refractivity contribution >= 4 is 50.7 Å². The van der Waals surface area contributed by atoms with Crippen molar-refractivity contribution in [1.29, 1.82) is 0 Å². The molecule has 2 amide bonds. The predicted octanol–water partition coefficient (Wildman–Crippen LogP) is 7.06. The summed E-state index contributed by atoms with van der Waals surface area (Å²) in [6, 6.07) is 17.8. The Kier molecular flexibility index (Phi) is 11.2. The first-order valence-electron chi connectivity index (χ1n) is 14.7. The highest BCUT2D eigenvalue weighted by atomic mass is 35.5. The van der Waals surface area contributed by atoms with E-state index in [1.807, 2.05) is 19.9 Å². The van der Waals surface area contributed by atoms with Gasteiger partial charge in [-0.25, -0.2) is 8.42 Å². The van der Waals surface area contributed by atoms with Gasteiger partial charge in [-0.2, -0.15) is 0 Å². The standard InChI is InChI=1S/C33H39Cl2N3O4S/c1-4-30(33(40)36-27-11-6-5-7-12-27)37(21-25-10-8-9-13-29(25)35)32(39)22-38(31-20-26(34)17-16-24(31)3)43(41,42)28-18-14-23(2)15-19-28/h8-10,13-20,27,30H,4-7,11-12,21-22H2,1-3H3,(H,36,40)/t30-/m1/s1. The van der Waals surface area contributed by atoms with E-state index in [4.69, 9.17) is 23.2 Å². The molecule has 0 aliphatic heterocycles. The van der Waals surface area contributed by atoms with Crippen LogP contribution in [0.5, 0.6) is 0 Å². The van der Waals surface area contributed by atoms with Crippen LogP contribution in [0.1, 0.15) is 62.1 Å². The van der Waals surface area contributed by atoms with Gasteiger partial charge in [0.25, 0.3) is 10.0 Å². The molecule has 230 valence electrons. The van der Waals surface area contributed by atoms with Gasteiger partial charge in [-0.15, -0.1) is 0 Å². The lowest BCUT2D eigenvalue weighted by molar-refractivity contribution is -0.140. The Morgan fingerprint density at radius 1 is 0.953 bits per heavy atom. The number of carbonyl (C=O) groups excluding carboxylic acids is 2. The van der Waals surface area contributed by atoms with Crippen LogP contribution in [0.15, 0.2) is 71.6 Å². The Labute approximate surface area is 265 Å². The number of aryl methyl sites for hydroxylation is 2. The Balaban J connectivity index is 1.74. The fourth-order valence-electron chi connectivity index (χ4n) is 5.48. The summed E-state index contributed by atoms with van der Waals surface area (Å²) >= 11 is 12.8. The van der Waals surface area contributed by atoms with Crippen LogP contribution in [0, 0.1) is 13.8 Å². The average Bonchev–Trinajstić information content (AvgIpc) is 2.98. The fourth-order valence-corrected chi connectivity index (χ4v) is 7.31. The van der Waals surface area contributed by atoms with Crippen molar-refractivity contribution in [1.82, 2.24) is 10.2 Å². The van der Waals surface area contributed by atoms with Crippen LogP contribution in [-0.2, 0) is 26.2 Å². The molecular formula is C33H39Cl2N3O4S. The molecule has 10 heteroatoms. The van der Waals surface area contributed by atoms with Crippen LogP contribution in [0.3, 0.4) is 0 Å². The van der Waals surface area contributed by atoms with E-state index in [1.54, 1.807) is 55.5 Å². The number of amides is 2. The number of nitrogens with one attached hydrogen (secondary N) is 1. The summed E-state index contributed by atoms with van der Waals surface area (Å²) < 4.78 is 29.3. The first-order chi connectivity index (χ1) is 20.5. The molecular weight excluding hydrogens is 605 g/mol. The summed E-state index contributed by atoms with van der Waals surface area (Å²) in [7, 11) is -4.19. The number of hydrogen-bond donors (Lipinski definition) is 1. The third kappa shape index (κ3) is 8.11. The minimum absolute atomic E-state index is 0.0437. The number of hydrogen-bond acceptors (Lipinski definition) is 4. The fraction of sp³-hybridized carbons (Fsp3) is 0.394. The Morgan fingerprint density at radius 2 is 1.63 bits per heavy atom. The largest absolute Gasteiger partial charge is 0.352 e. The number of benzene rings is 3. The highest BCUT2D eigenvalue weighted by molar-refractivity contribution is 7.92. The number of halogens is 2. The molecule has 0 unspecified atom stereocenters. The maximum atomic E-state index is 14.3. The Morgan fingerprint density at radius 3 is 2.28 bits per heavy atom. The summed E-state index contributed by atoms with van der Waals surface area (Å²) in [5, 5.41) is 3.95. The minimum Gasteiger partial charge on any atom is -0.352 e. The maximum Gasteiger partial charge on any atom is 0.264 e. The van der Waals surface area contributed by atoms with Gasteiger partial charge in [0.15, 0.2) is 0 Å². The predicted molar refractivity (Wildman–Crippen MR) is 173 cm³/mol. The van der Waals surface area contributed by atoms with Crippen molar-refractivity contribution in [3.05, 3.63) is 93.5 Å².